The zero-order valence-electron chi connectivity index (χ0n) is 12.7. The predicted molar refractivity (Wildman–Crippen MR) is 80.4 cm³/mol. The van der Waals surface area contributed by atoms with E-state index in [9.17, 15) is 0 Å². The Labute approximate surface area is 124 Å². The van der Waals surface area contributed by atoms with Gasteiger partial charge in [0.2, 0.25) is 11.8 Å². The second-order valence-corrected chi connectivity index (χ2v) is 5.75. The standard InChI is InChI=1S/C16H21N3O2/c1-11(2)19-9-8-13(10-19)16-18-17-15(21-16)12-4-6-14(20-3)7-5-12/h4-7,11,13H,8-10H2,1-3H3/t13-/m0/s1. The maximum Gasteiger partial charge on any atom is 0.247 e. The molecule has 0 aliphatic carbocycles. The van der Waals surface area contributed by atoms with E-state index in [1.807, 2.05) is 24.3 Å². The Hall–Kier alpha value is -1.88. The van der Waals surface area contributed by atoms with Gasteiger partial charge in [-0.3, -0.25) is 0 Å². The van der Waals surface area contributed by atoms with E-state index in [1.165, 1.54) is 0 Å². The van der Waals surface area contributed by atoms with Gasteiger partial charge in [0, 0.05) is 18.2 Å². The monoisotopic (exact) mass is 287 g/mol. The van der Waals surface area contributed by atoms with Gasteiger partial charge in [0.25, 0.3) is 0 Å². The van der Waals surface area contributed by atoms with Crippen molar-refractivity contribution in [3.63, 3.8) is 0 Å². The lowest BCUT2D eigenvalue weighted by molar-refractivity contribution is 0.269. The van der Waals surface area contributed by atoms with Crippen LogP contribution in [0, 0.1) is 0 Å². The van der Waals surface area contributed by atoms with Crippen molar-refractivity contribution < 1.29 is 9.15 Å². The summed E-state index contributed by atoms with van der Waals surface area (Å²) in [5, 5.41) is 8.42. The van der Waals surface area contributed by atoms with Gasteiger partial charge in [-0.05, 0) is 51.1 Å². The maximum atomic E-state index is 5.87. The van der Waals surface area contributed by atoms with Crippen LogP contribution in [0.3, 0.4) is 0 Å². The summed E-state index contributed by atoms with van der Waals surface area (Å²) >= 11 is 0. The van der Waals surface area contributed by atoms with Crippen molar-refractivity contribution in [3.8, 4) is 17.2 Å². The van der Waals surface area contributed by atoms with Crippen molar-refractivity contribution in [2.45, 2.75) is 32.2 Å². The molecular weight excluding hydrogens is 266 g/mol. The van der Waals surface area contributed by atoms with E-state index in [-0.39, 0.29) is 0 Å². The summed E-state index contributed by atoms with van der Waals surface area (Å²) < 4.78 is 11.0. The molecule has 2 heterocycles. The Morgan fingerprint density at radius 2 is 2.00 bits per heavy atom. The van der Waals surface area contributed by atoms with E-state index in [2.05, 4.69) is 28.9 Å². The number of nitrogens with zero attached hydrogens (tertiary/aromatic N) is 3. The molecule has 1 atom stereocenters. The van der Waals surface area contributed by atoms with Crippen LogP contribution in [0.25, 0.3) is 11.5 Å². The lowest BCUT2D eigenvalue weighted by atomic mass is 10.1. The molecule has 1 saturated heterocycles. The number of aromatic nitrogens is 2. The number of likely N-dealkylation sites (tertiary alicyclic amines) is 1. The van der Waals surface area contributed by atoms with E-state index in [1.54, 1.807) is 7.11 Å². The molecular formula is C16H21N3O2. The van der Waals surface area contributed by atoms with Crippen LogP contribution in [-0.2, 0) is 0 Å². The van der Waals surface area contributed by atoms with Gasteiger partial charge < -0.3 is 14.1 Å². The minimum Gasteiger partial charge on any atom is -0.497 e. The first-order valence-electron chi connectivity index (χ1n) is 7.39. The Morgan fingerprint density at radius 1 is 1.24 bits per heavy atom. The molecule has 5 heteroatoms. The van der Waals surface area contributed by atoms with Gasteiger partial charge in [0.05, 0.1) is 13.0 Å². The minimum atomic E-state index is 0.354. The second kappa shape index (κ2) is 5.85. The summed E-state index contributed by atoms with van der Waals surface area (Å²) in [6, 6.07) is 8.24. The average Bonchev–Trinajstić information content (AvgIpc) is 3.16. The molecule has 1 fully saturated rings. The molecule has 0 unspecified atom stereocenters. The van der Waals surface area contributed by atoms with Crippen molar-refractivity contribution in [2.75, 3.05) is 20.2 Å². The molecule has 21 heavy (non-hydrogen) atoms. The summed E-state index contributed by atoms with van der Waals surface area (Å²) in [4.78, 5) is 2.45. The quantitative estimate of drug-likeness (QED) is 0.865. The summed E-state index contributed by atoms with van der Waals surface area (Å²) in [5.41, 5.74) is 0.924. The molecule has 5 nitrogen and oxygen atoms in total. The molecule has 0 radical (unpaired) electrons. The molecule has 0 spiro atoms. The highest BCUT2D eigenvalue weighted by Gasteiger charge is 2.29. The third-order valence-electron chi connectivity index (χ3n) is 4.08. The normalized spacial score (nSPS) is 19.3. The largest absolute Gasteiger partial charge is 0.497 e. The molecule has 0 bridgehead atoms. The van der Waals surface area contributed by atoms with Crippen molar-refractivity contribution in [2.24, 2.45) is 0 Å². The lowest BCUT2D eigenvalue weighted by Gasteiger charge is -2.19. The molecule has 1 aliphatic heterocycles. The molecule has 0 amide bonds. The molecule has 1 aromatic carbocycles. The van der Waals surface area contributed by atoms with Crippen molar-refractivity contribution in [1.29, 1.82) is 0 Å². The highest BCUT2D eigenvalue weighted by molar-refractivity contribution is 5.54. The van der Waals surface area contributed by atoms with Gasteiger partial charge >= 0.3 is 0 Å². The third-order valence-corrected chi connectivity index (χ3v) is 4.08. The van der Waals surface area contributed by atoms with Gasteiger partial charge in [-0.2, -0.15) is 0 Å². The first kappa shape index (κ1) is 14.1. The van der Waals surface area contributed by atoms with E-state index in [4.69, 9.17) is 9.15 Å². The van der Waals surface area contributed by atoms with E-state index in [0.717, 1.165) is 36.7 Å². The molecule has 1 aromatic heterocycles. The van der Waals surface area contributed by atoms with Crippen LogP contribution in [0.4, 0.5) is 0 Å². The van der Waals surface area contributed by atoms with Crippen LogP contribution in [0.1, 0.15) is 32.1 Å². The van der Waals surface area contributed by atoms with Crippen molar-refractivity contribution >= 4 is 0 Å². The van der Waals surface area contributed by atoms with Gasteiger partial charge in [0.15, 0.2) is 0 Å². The zero-order chi connectivity index (χ0) is 14.8. The summed E-state index contributed by atoms with van der Waals surface area (Å²) in [7, 11) is 1.65. The topological polar surface area (TPSA) is 51.4 Å². The fourth-order valence-electron chi connectivity index (χ4n) is 2.71. The smallest absolute Gasteiger partial charge is 0.247 e. The van der Waals surface area contributed by atoms with E-state index >= 15 is 0 Å². The molecule has 112 valence electrons. The summed E-state index contributed by atoms with van der Waals surface area (Å²) in [6.07, 6.45) is 1.09. The Kier molecular flexibility index (Phi) is 3.92. The SMILES string of the molecule is COc1ccc(-c2nnc([C@H]3CCN(C(C)C)C3)o2)cc1. The van der Waals surface area contributed by atoms with Crippen LogP contribution in [0.15, 0.2) is 28.7 Å². The molecule has 1 aliphatic rings. The van der Waals surface area contributed by atoms with Gasteiger partial charge in [-0.15, -0.1) is 10.2 Å². The van der Waals surface area contributed by atoms with Crippen LogP contribution < -0.4 is 4.74 Å². The summed E-state index contributed by atoms with van der Waals surface area (Å²) in [5.74, 6) is 2.51. The highest BCUT2D eigenvalue weighted by Crippen LogP contribution is 2.29. The van der Waals surface area contributed by atoms with Crippen LogP contribution in [-0.4, -0.2) is 41.3 Å². The van der Waals surface area contributed by atoms with E-state index in [0.29, 0.717) is 17.9 Å². The number of benzene rings is 1. The average molecular weight is 287 g/mol. The van der Waals surface area contributed by atoms with Crippen molar-refractivity contribution in [3.05, 3.63) is 30.2 Å². The predicted octanol–water partition coefficient (Wildman–Crippen LogP) is 2.94. The second-order valence-electron chi connectivity index (χ2n) is 5.75. The summed E-state index contributed by atoms with van der Waals surface area (Å²) in [6.45, 7) is 6.54. The first-order valence-corrected chi connectivity index (χ1v) is 7.39. The van der Waals surface area contributed by atoms with Crippen molar-refractivity contribution in [1.82, 2.24) is 15.1 Å². The molecule has 3 rings (SSSR count). The van der Waals surface area contributed by atoms with Crippen LogP contribution in [0.5, 0.6) is 5.75 Å². The fraction of sp³-hybridized carbons (Fsp3) is 0.500. The number of ether oxygens (including phenoxy) is 1. The highest BCUT2D eigenvalue weighted by atomic mass is 16.5. The zero-order valence-corrected chi connectivity index (χ0v) is 12.7. The Morgan fingerprint density at radius 3 is 2.62 bits per heavy atom. The molecule has 2 aromatic rings. The number of methoxy groups -OCH3 is 1. The minimum absolute atomic E-state index is 0.354. The van der Waals surface area contributed by atoms with Crippen LogP contribution >= 0.6 is 0 Å². The van der Waals surface area contributed by atoms with Gasteiger partial charge in [-0.1, -0.05) is 0 Å². The number of hydrogen-bond donors (Lipinski definition) is 0. The Balaban J connectivity index is 1.74. The van der Waals surface area contributed by atoms with Gasteiger partial charge in [-0.25, -0.2) is 0 Å². The maximum absolute atomic E-state index is 5.87. The van der Waals surface area contributed by atoms with Gasteiger partial charge in [0.1, 0.15) is 5.75 Å². The molecule has 0 N–H and O–H groups in total. The van der Waals surface area contributed by atoms with Crippen LogP contribution in [0.2, 0.25) is 0 Å². The first-order chi connectivity index (χ1) is 10.2. The third kappa shape index (κ3) is 2.93. The fourth-order valence-corrected chi connectivity index (χ4v) is 2.71. The number of rotatable bonds is 4. The number of hydrogen-bond acceptors (Lipinski definition) is 5. The Bertz CT molecular complexity index is 592. The lowest BCUT2D eigenvalue weighted by Crippen LogP contribution is -2.27. The van der Waals surface area contributed by atoms with E-state index < -0.39 is 0 Å². The molecule has 0 saturated carbocycles.